The van der Waals surface area contributed by atoms with Crippen molar-refractivity contribution in [3.05, 3.63) is 29.6 Å². The van der Waals surface area contributed by atoms with Gasteiger partial charge >= 0.3 is 0 Å². The van der Waals surface area contributed by atoms with Gasteiger partial charge in [0, 0.05) is 6.07 Å². The lowest BCUT2D eigenvalue weighted by Crippen LogP contribution is -2.07. The highest BCUT2D eigenvalue weighted by Crippen LogP contribution is 2.21. The third-order valence-corrected chi connectivity index (χ3v) is 2.28. The largest absolute Gasteiger partial charge is 0.385 e. The zero-order valence-electron chi connectivity index (χ0n) is 8.37. The van der Waals surface area contributed by atoms with Gasteiger partial charge < -0.3 is 15.8 Å². The fourth-order valence-corrected chi connectivity index (χ4v) is 1.51. The molecule has 0 radical (unpaired) electrons. The summed E-state index contributed by atoms with van der Waals surface area (Å²) in [6, 6.07) is 1.88. The van der Waals surface area contributed by atoms with E-state index in [1.807, 2.05) is 0 Å². The van der Waals surface area contributed by atoms with Crippen LogP contribution in [0.1, 0.15) is 18.3 Å². The van der Waals surface area contributed by atoms with E-state index in [1.165, 1.54) is 0 Å². The molecule has 0 bridgehead atoms. The molecule has 1 aromatic carbocycles. The number of aromatic amines is 1. The number of hydrogen-bond acceptors (Lipinski definition) is 3. The molecular formula is C10H11F2N3O. The topological polar surface area (TPSA) is 74.9 Å². The lowest BCUT2D eigenvalue weighted by molar-refractivity contribution is 0.162. The maximum absolute atomic E-state index is 13.3. The number of hydrogen-bond donors (Lipinski definition) is 3. The molecule has 1 heterocycles. The fourth-order valence-electron chi connectivity index (χ4n) is 1.51. The number of nitrogens with two attached hydrogens (primary N) is 1. The van der Waals surface area contributed by atoms with Crippen molar-refractivity contribution >= 4 is 11.0 Å². The van der Waals surface area contributed by atoms with Crippen molar-refractivity contribution in [2.75, 3.05) is 6.54 Å². The van der Waals surface area contributed by atoms with Gasteiger partial charge in [0.2, 0.25) is 0 Å². The van der Waals surface area contributed by atoms with E-state index in [1.54, 1.807) is 0 Å². The Labute approximate surface area is 90.1 Å². The maximum Gasteiger partial charge on any atom is 0.153 e. The van der Waals surface area contributed by atoms with Crippen LogP contribution in [0, 0.1) is 11.6 Å². The Balaban J connectivity index is 2.47. The Kier molecular flexibility index (Phi) is 2.84. The lowest BCUT2D eigenvalue weighted by atomic mass is 10.2. The van der Waals surface area contributed by atoms with E-state index >= 15 is 0 Å². The molecule has 0 aliphatic rings. The van der Waals surface area contributed by atoms with E-state index in [2.05, 4.69) is 9.97 Å². The predicted molar refractivity (Wildman–Crippen MR) is 54.6 cm³/mol. The molecule has 16 heavy (non-hydrogen) atoms. The number of nitrogens with one attached hydrogen (secondary N) is 1. The highest BCUT2D eigenvalue weighted by molar-refractivity contribution is 5.75. The zero-order chi connectivity index (χ0) is 11.7. The molecule has 1 atom stereocenters. The standard InChI is InChI=1S/C10H11F2N3O/c11-5-3-6(12)9-7(4-5)14-10(15-9)8(16)1-2-13/h3-4,8,16H,1-2,13H2,(H,14,15). The van der Waals surface area contributed by atoms with Gasteiger partial charge in [-0.05, 0) is 19.0 Å². The summed E-state index contributed by atoms with van der Waals surface area (Å²) in [5, 5.41) is 9.59. The molecule has 4 N–H and O–H groups in total. The highest BCUT2D eigenvalue weighted by Gasteiger charge is 2.14. The number of benzene rings is 1. The van der Waals surface area contributed by atoms with Crippen molar-refractivity contribution in [2.45, 2.75) is 12.5 Å². The summed E-state index contributed by atoms with van der Waals surface area (Å²) < 4.78 is 26.2. The molecule has 0 aliphatic heterocycles. The molecule has 4 nitrogen and oxygen atoms in total. The van der Waals surface area contributed by atoms with E-state index in [9.17, 15) is 13.9 Å². The summed E-state index contributed by atoms with van der Waals surface area (Å²) in [7, 11) is 0. The van der Waals surface area contributed by atoms with Crippen LogP contribution in [0.5, 0.6) is 0 Å². The first-order valence-corrected chi connectivity index (χ1v) is 4.84. The van der Waals surface area contributed by atoms with E-state index < -0.39 is 17.7 Å². The Morgan fingerprint density at radius 3 is 2.88 bits per heavy atom. The van der Waals surface area contributed by atoms with E-state index in [0.717, 1.165) is 12.1 Å². The third-order valence-electron chi connectivity index (χ3n) is 2.28. The number of nitrogens with zero attached hydrogens (tertiary/aromatic N) is 1. The molecule has 6 heteroatoms. The fraction of sp³-hybridized carbons (Fsp3) is 0.300. The van der Waals surface area contributed by atoms with E-state index in [-0.39, 0.29) is 23.4 Å². The van der Waals surface area contributed by atoms with Crippen molar-refractivity contribution < 1.29 is 13.9 Å². The van der Waals surface area contributed by atoms with Crippen LogP contribution >= 0.6 is 0 Å². The van der Waals surface area contributed by atoms with E-state index in [0.29, 0.717) is 6.42 Å². The molecule has 2 aromatic rings. The quantitative estimate of drug-likeness (QED) is 0.738. The number of fused-ring (bicyclic) bond motifs is 1. The van der Waals surface area contributed by atoms with Gasteiger partial charge in [0.15, 0.2) is 5.82 Å². The summed E-state index contributed by atoms with van der Waals surface area (Å²) in [4.78, 5) is 6.53. The van der Waals surface area contributed by atoms with Crippen molar-refractivity contribution in [3.8, 4) is 0 Å². The minimum atomic E-state index is -0.889. The number of halogens is 2. The van der Waals surface area contributed by atoms with Gasteiger partial charge in [-0.25, -0.2) is 13.8 Å². The molecule has 0 saturated heterocycles. The van der Waals surface area contributed by atoms with Gasteiger partial charge in [-0.2, -0.15) is 0 Å². The number of rotatable bonds is 3. The number of aromatic nitrogens is 2. The molecule has 0 aliphatic carbocycles. The molecule has 0 amide bonds. The summed E-state index contributed by atoms with van der Waals surface area (Å²) in [5.41, 5.74) is 5.53. The SMILES string of the molecule is NCCC(O)c1nc2c(F)cc(F)cc2[nH]1. The molecule has 0 spiro atoms. The highest BCUT2D eigenvalue weighted by atomic mass is 19.1. The van der Waals surface area contributed by atoms with Gasteiger partial charge in [0.05, 0.1) is 5.52 Å². The van der Waals surface area contributed by atoms with Crippen LogP contribution in [0.4, 0.5) is 8.78 Å². The Bertz CT molecular complexity index is 512. The predicted octanol–water partition coefficient (Wildman–Crippen LogP) is 1.22. The number of aliphatic hydroxyl groups is 1. The van der Waals surface area contributed by atoms with Crippen LogP contribution in [-0.4, -0.2) is 21.6 Å². The van der Waals surface area contributed by atoms with Gasteiger partial charge in [-0.15, -0.1) is 0 Å². The van der Waals surface area contributed by atoms with Gasteiger partial charge in [0.1, 0.15) is 23.3 Å². The third kappa shape index (κ3) is 1.89. The average Bonchev–Trinajstić information content (AvgIpc) is 2.62. The summed E-state index contributed by atoms with van der Waals surface area (Å²) >= 11 is 0. The van der Waals surface area contributed by atoms with Crippen LogP contribution in [0.2, 0.25) is 0 Å². The first kappa shape index (κ1) is 11.0. The Morgan fingerprint density at radius 1 is 1.44 bits per heavy atom. The number of H-pyrrole nitrogens is 1. The smallest absolute Gasteiger partial charge is 0.153 e. The maximum atomic E-state index is 13.3. The molecule has 0 saturated carbocycles. The monoisotopic (exact) mass is 227 g/mol. The molecule has 1 aromatic heterocycles. The average molecular weight is 227 g/mol. The van der Waals surface area contributed by atoms with Crippen LogP contribution < -0.4 is 5.73 Å². The normalized spacial score (nSPS) is 13.2. The van der Waals surface area contributed by atoms with Crippen molar-refractivity contribution in [2.24, 2.45) is 5.73 Å². The lowest BCUT2D eigenvalue weighted by Gasteiger charge is -2.03. The van der Waals surface area contributed by atoms with Gasteiger partial charge in [-0.1, -0.05) is 0 Å². The molecule has 1 unspecified atom stereocenters. The summed E-state index contributed by atoms with van der Waals surface area (Å²) in [6.07, 6.45) is -0.580. The first-order chi connectivity index (χ1) is 7.61. The second kappa shape index (κ2) is 4.15. The van der Waals surface area contributed by atoms with E-state index in [4.69, 9.17) is 5.73 Å². The van der Waals surface area contributed by atoms with Crippen LogP contribution in [0.15, 0.2) is 12.1 Å². The van der Waals surface area contributed by atoms with Gasteiger partial charge in [0.25, 0.3) is 0 Å². The minimum Gasteiger partial charge on any atom is -0.385 e. The minimum absolute atomic E-state index is 0.0208. The molecule has 2 rings (SSSR count). The first-order valence-electron chi connectivity index (χ1n) is 4.84. The number of imidazole rings is 1. The molecule has 86 valence electrons. The van der Waals surface area contributed by atoms with Crippen molar-refractivity contribution in [3.63, 3.8) is 0 Å². The molecular weight excluding hydrogens is 216 g/mol. The summed E-state index contributed by atoms with van der Waals surface area (Å²) in [5.74, 6) is -1.24. The van der Waals surface area contributed by atoms with Crippen molar-refractivity contribution in [1.82, 2.24) is 9.97 Å². The second-order valence-electron chi connectivity index (χ2n) is 3.50. The summed E-state index contributed by atoms with van der Waals surface area (Å²) in [6.45, 7) is 0.287. The number of aliphatic hydroxyl groups excluding tert-OH is 1. The van der Waals surface area contributed by atoms with Crippen molar-refractivity contribution in [1.29, 1.82) is 0 Å². The second-order valence-corrected chi connectivity index (χ2v) is 3.50. The Morgan fingerprint density at radius 2 is 2.19 bits per heavy atom. The zero-order valence-corrected chi connectivity index (χ0v) is 8.37. The molecule has 0 fully saturated rings. The van der Waals surface area contributed by atoms with Gasteiger partial charge in [-0.3, -0.25) is 0 Å². The van der Waals surface area contributed by atoms with Crippen LogP contribution in [-0.2, 0) is 0 Å². The van der Waals surface area contributed by atoms with Crippen LogP contribution in [0.25, 0.3) is 11.0 Å². The Hall–Kier alpha value is -1.53. The van der Waals surface area contributed by atoms with Crippen LogP contribution in [0.3, 0.4) is 0 Å².